The molecule has 0 fully saturated rings. The molecule has 0 aliphatic carbocycles. The number of nitrogens with zero attached hydrogens (tertiary/aromatic N) is 4. The number of thiophene rings is 1. The van der Waals surface area contributed by atoms with E-state index in [-0.39, 0.29) is 18.9 Å². The van der Waals surface area contributed by atoms with Gasteiger partial charge < -0.3 is 20.3 Å². The summed E-state index contributed by atoms with van der Waals surface area (Å²) in [5, 5.41) is 6.79. The first-order valence-corrected chi connectivity index (χ1v) is 14.4. The number of rotatable bonds is 9. The topological polar surface area (TPSA) is 92.3 Å². The average molecular weight is 597 g/mol. The molecule has 4 aromatic rings. The number of hydrogen-bond acceptors (Lipinski definition) is 8. The minimum absolute atomic E-state index is 0.0356. The zero-order chi connectivity index (χ0) is 29.9. The molecule has 0 unspecified atom stereocenters. The van der Waals surface area contributed by atoms with Crippen LogP contribution in [-0.2, 0) is 17.8 Å². The molecule has 1 atom stereocenters. The number of aromatic nitrogens is 3. The summed E-state index contributed by atoms with van der Waals surface area (Å²) in [5.41, 5.74) is 3.82. The van der Waals surface area contributed by atoms with E-state index in [4.69, 9.17) is 4.74 Å². The molecule has 1 amide bonds. The molecule has 8 nitrogen and oxygen atoms in total. The Morgan fingerprint density at radius 1 is 1.19 bits per heavy atom. The first-order valence-electron chi connectivity index (χ1n) is 13.6. The maximum Gasteiger partial charge on any atom is 0.403 e. The molecular formula is C30H31F3N6O2S. The van der Waals surface area contributed by atoms with Gasteiger partial charge in [0.25, 0.3) is 0 Å². The van der Waals surface area contributed by atoms with E-state index in [1.165, 1.54) is 36.7 Å². The highest BCUT2D eigenvalue weighted by atomic mass is 32.1. The number of ether oxygens (including phenoxy) is 1. The molecule has 0 saturated carbocycles. The Bertz CT molecular complexity index is 1600. The van der Waals surface area contributed by atoms with Gasteiger partial charge in [-0.3, -0.25) is 9.78 Å². The molecule has 3 aromatic heterocycles. The molecule has 5 rings (SSSR count). The number of amides is 1. The minimum Gasteiger partial charge on any atom is -0.455 e. The van der Waals surface area contributed by atoms with E-state index in [2.05, 4.69) is 25.6 Å². The van der Waals surface area contributed by atoms with Crippen LogP contribution in [0.25, 0.3) is 10.2 Å². The fraction of sp³-hybridized carbons (Fsp3) is 0.333. The maximum absolute atomic E-state index is 12.9. The van der Waals surface area contributed by atoms with Gasteiger partial charge in [0.05, 0.1) is 18.1 Å². The molecule has 12 heteroatoms. The number of aryl methyl sites for hydroxylation is 2. The number of nitrogens with one attached hydrogen (secondary N) is 2. The number of halogens is 3. The van der Waals surface area contributed by atoms with Crippen LogP contribution in [-0.4, -0.2) is 51.1 Å². The predicted octanol–water partition coefficient (Wildman–Crippen LogP) is 6.61. The fourth-order valence-electron chi connectivity index (χ4n) is 4.80. The lowest BCUT2D eigenvalue weighted by atomic mass is 10.0. The Kier molecular flexibility index (Phi) is 8.74. The second-order valence-corrected chi connectivity index (χ2v) is 11.2. The molecule has 1 aliphatic rings. The third-order valence-corrected chi connectivity index (χ3v) is 8.17. The first kappa shape index (κ1) is 29.5. The summed E-state index contributed by atoms with van der Waals surface area (Å²) < 4.78 is 44.7. The van der Waals surface area contributed by atoms with Crippen molar-refractivity contribution in [2.45, 2.75) is 52.4 Å². The van der Waals surface area contributed by atoms with E-state index in [0.717, 1.165) is 43.4 Å². The Hall–Kier alpha value is -4.03. The average Bonchev–Trinajstić information content (AvgIpc) is 3.33. The normalized spacial score (nSPS) is 14.3. The number of carbonyl (C=O) groups is 1. The lowest BCUT2D eigenvalue weighted by molar-refractivity contribution is -0.155. The highest BCUT2D eigenvalue weighted by Crippen LogP contribution is 2.38. The van der Waals surface area contributed by atoms with Gasteiger partial charge in [-0.1, -0.05) is 13.0 Å². The summed E-state index contributed by atoms with van der Waals surface area (Å²) >= 11 is 1.52. The smallest absolute Gasteiger partial charge is 0.403 e. The second-order valence-electron chi connectivity index (χ2n) is 10.1. The summed E-state index contributed by atoms with van der Waals surface area (Å²) in [4.78, 5) is 29.6. The standard InChI is InChI=1S/C30H31F3N6O2S/c1-4-25(30(31,32)33)34-12-5-6-26(40)39-13-11-22-24(16-39)42-29-27(22)28(36-17-37-29)38-20-8-10-23(18(2)14-20)41-21-9-7-19(3)35-15-21/h5-10,14-15,17,25,34H,4,11-13,16H2,1-3H3,(H,36,37,38)/b6-5+/t25-/m0/s1. The number of fused-ring (bicyclic) bond motifs is 3. The van der Waals surface area contributed by atoms with Crippen molar-refractivity contribution in [3.63, 3.8) is 0 Å². The van der Waals surface area contributed by atoms with Gasteiger partial charge in [0.2, 0.25) is 5.91 Å². The van der Waals surface area contributed by atoms with E-state index < -0.39 is 12.2 Å². The number of benzene rings is 1. The molecule has 220 valence electrons. The predicted molar refractivity (Wildman–Crippen MR) is 157 cm³/mol. The fourth-order valence-corrected chi connectivity index (χ4v) is 6.00. The van der Waals surface area contributed by atoms with Crippen LogP contribution in [0.1, 0.15) is 35.0 Å². The highest BCUT2D eigenvalue weighted by molar-refractivity contribution is 7.19. The Balaban J connectivity index is 1.26. The van der Waals surface area contributed by atoms with E-state index in [9.17, 15) is 18.0 Å². The van der Waals surface area contributed by atoms with Gasteiger partial charge in [-0.05, 0) is 68.1 Å². The van der Waals surface area contributed by atoms with Crippen molar-refractivity contribution in [2.24, 2.45) is 0 Å². The van der Waals surface area contributed by atoms with Crippen molar-refractivity contribution in [1.82, 2.24) is 25.2 Å². The second kappa shape index (κ2) is 12.5. The van der Waals surface area contributed by atoms with E-state index in [1.54, 1.807) is 11.1 Å². The maximum atomic E-state index is 12.9. The number of hydrogen-bond donors (Lipinski definition) is 2. The first-order chi connectivity index (χ1) is 20.1. The Morgan fingerprint density at radius 3 is 2.74 bits per heavy atom. The molecule has 1 aliphatic heterocycles. The van der Waals surface area contributed by atoms with Crippen LogP contribution in [0.4, 0.5) is 24.7 Å². The molecular weight excluding hydrogens is 565 g/mol. The van der Waals surface area contributed by atoms with Crippen LogP contribution in [0.3, 0.4) is 0 Å². The van der Waals surface area contributed by atoms with Gasteiger partial charge in [0.1, 0.15) is 34.5 Å². The molecule has 0 bridgehead atoms. The van der Waals surface area contributed by atoms with E-state index >= 15 is 0 Å². The quantitative estimate of drug-likeness (QED) is 0.210. The van der Waals surface area contributed by atoms with Crippen molar-refractivity contribution >= 4 is 39.0 Å². The van der Waals surface area contributed by atoms with Crippen LogP contribution >= 0.6 is 11.3 Å². The van der Waals surface area contributed by atoms with E-state index in [0.29, 0.717) is 31.1 Å². The summed E-state index contributed by atoms with van der Waals surface area (Å²) in [6.07, 6.45) is 2.23. The summed E-state index contributed by atoms with van der Waals surface area (Å²) in [6, 6.07) is 8.00. The van der Waals surface area contributed by atoms with Crippen molar-refractivity contribution in [3.8, 4) is 11.5 Å². The van der Waals surface area contributed by atoms with Gasteiger partial charge in [0.15, 0.2) is 0 Å². The molecule has 0 saturated heterocycles. The summed E-state index contributed by atoms with van der Waals surface area (Å²) in [7, 11) is 0. The van der Waals surface area contributed by atoms with Gasteiger partial charge >= 0.3 is 6.18 Å². The molecule has 2 N–H and O–H groups in total. The zero-order valence-corrected chi connectivity index (χ0v) is 24.3. The SMILES string of the molecule is CC[C@H](NC/C=C/C(=O)N1CCc2c(sc3ncnc(Nc4ccc(Oc5ccc(C)nc5)c(C)c4)c23)C1)C(F)(F)F. The largest absolute Gasteiger partial charge is 0.455 e. The van der Waals surface area contributed by atoms with Crippen molar-refractivity contribution in [3.05, 3.63) is 76.7 Å². The summed E-state index contributed by atoms with van der Waals surface area (Å²) in [6.45, 7) is 6.23. The number of alkyl halides is 3. The van der Waals surface area contributed by atoms with Crippen LogP contribution in [0, 0.1) is 13.8 Å². The number of pyridine rings is 1. The molecule has 0 radical (unpaired) electrons. The molecule has 1 aromatic carbocycles. The zero-order valence-electron chi connectivity index (χ0n) is 23.5. The van der Waals surface area contributed by atoms with Gasteiger partial charge in [0, 0.05) is 35.4 Å². The summed E-state index contributed by atoms with van der Waals surface area (Å²) in [5.74, 6) is 1.85. The van der Waals surface area contributed by atoms with Crippen molar-refractivity contribution < 1.29 is 22.7 Å². The molecule has 4 heterocycles. The van der Waals surface area contributed by atoms with Crippen LogP contribution < -0.4 is 15.4 Å². The van der Waals surface area contributed by atoms with Crippen molar-refractivity contribution in [2.75, 3.05) is 18.4 Å². The lowest BCUT2D eigenvalue weighted by Crippen LogP contribution is -2.41. The van der Waals surface area contributed by atoms with Crippen LogP contribution in [0.5, 0.6) is 11.5 Å². The van der Waals surface area contributed by atoms with Gasteiger partial charge in [-0.25, -0.2) is 9.97 Å². The number of anilines is 2. The van der Waals surface area contributed by atoms with Gasteiger partial charge in [-0.2, -0.15) is 13.2 Å². The van der Waals surface area contributed by atoms with Gasteiger partial charge in [-0.15, -0.1) is 11.3 Å². The molecule has 0 spiro atoms. The molecule has 42 heavy (non-hydrogen) atoms. The monoisotopic (exact) mass is 596 g/mol. The van der Waals surface area contributed by atoms with Crippen LogP contribution in [0.15, 0.2) is 55.0 Å². The lowest BCUT2D eigenvalue weighted by Gasteiger charge is -2.26. The van der Waals surface area contributed by atoms with Crippen LogP contribution in [0.2, 0.25) is 0 Å². The number of carbonyl (C=O) groups excluding carboxylic acids is 1. The third-order valence-electron chi connectivity index (χ3n) is 7.04. The Labute approximate surface area is 245 Å². The minimum atomic E-state index is -4.32. The third kappa shape index (κ3) is 6.71. The van der Waals surface area contributed by atoms with E-state index in [1.807, 2.05) is 44.2 Å². The van der Waals surface area contributed by atoms with Crippen molar-refractivity contribution in [1.29, 1.82) is 0 Å². The highest BCUT2D eigenvalue weighted by Gasteiger charge is 2.37. The Morgan fingerprint density at radius 2 is 2.02 bits per heavy atom.